The molecule has 3 rings (SSSR count). The van der Waals surface area contributed by atoms with E-state index in [0.717, 1.165) is 11.4 Å². The van der Waals surface area contributed by atoms with Crippen LogP contribution in [0.2, 0.25) is 0 Å². The molecular formula is C14H14N4S. The molecule has 0 atom stereocenters. The zero-order valence-corrected chi connectivity index (χ0v) is 11.7. The summed E-state index contributed by atoms with van der Waals surface area (Å²) < 4.78 is 1.83. The maximum absolute atomic E-state index is 4.29. The minimum absolute atomic E-state index is 0.650. The van der Waals surface area contributed by atoms with Gasteiger partial charge in [0.2, 0.25) is 0 Å². The van der Waals surface area contributed by atoms with E-state index in [-0.39, 0.29) is 0 Å². The van der Waals surface area contributed by atoms with Gasteiger partial charge in [0.05, 0.1) is 23.3 Å². The maximum atomic E-state index is 4.29. The highest BCUT2D eigenvalue weighted by Gasteiger charge is 2.10. The first-order chi connectivity index (χ1) is 9.22. The maximum Gasteiger partial charge on any atom is 0.123 e. The van der Waals surface area contributed by atoms with Gasteiger partial charge in [0.1, 0.15) is 5.69 Å². The summed E-state index contributed by atoms with van der Waals surface area (Å²) in [6, 6.07) is 8.06. The Bertz CT molecular complexity index is 685. The molecule has 0 aliphatic heterocycles. The van der Waals surface area contributed by atoms with Crippen LogP contribution < -0.4 is 0 Å². The second kappa shape index (κ2) is 4.93. The SMILES string of the molecule is Cc1cc(C)c(-c2cn(Cc3ccccn3)nn2)s1. The van der Waals surface area contributed by atoms with Crippen LogP contribution in [0.3, 0.4) is 0 Å². The lowest BCUT2D eigenvalue weighted by atomic mass is 10.2. The summed E-state index contributed by atoms with van der Waals surface area (Å²) in [4.78, 5) is 6.79. The van der Waals surface area contributed by atoms with E-state index >= 15 is 0 Å². The summed E-state index contributed by atoms with van der Waals surface area (Å²) in [6.07, 6.45) is 3.77. The van der Waals surface area contributed by atoms with Crippen molar-refractivity contribution in [3.63, 3.8) is 0 Å². The first kappa shape index (κ1) is 12.0. The van der Waals surface area contributed by atoms with Gasteiger partial charge in [-0.25, -0.2) is 4.68 Å². The molecule has 3 aromatic rings. The van der Waals surface area contributed by atoms with Crippen LogP contribution in [0.1, 0.15) is 16.1 Å². The third-order valence-corrected chi connectivity index (χ3v) is 4.04. The summed E-state index contributed by atoms with van der Waals surface area (Å²) in [5.74, 6) is 0. The van der Waals surface area contributed by atoms with Crippen LogP contribution in [0.25, 0.3) is 10.6 Å². The molecule has 0 bridgehead atoms. The van der Waals surface area contributed by atoms with Crippen molar-refractivity contribution in [2.75, 3.05) is 0 Å². The van der Waals surface area contributed by atoms with E-state index in [4.69, 9.17) is 0 Å². The van der Waals surface area contributed by atoms with Gasteiger partial charge in [-0.05, 0) is 37.6 Å². The van der Waals surface area contributed by atoms with E-state index in [9.17, 15) is 0 Å². The molecule has 0 spiro atoms. The zero-order valence-electron chi connectivity index (χ0n) is 10.9. The second-order valence-corrected chi connectivity index (χ2v) is 5.75. The molecule has 4 nitrogen and oxygen atoms in total. The van der Waals surface area contributed by atoms with Gasteiger partial charge in [-0.2, -0.15) is 0 Å². The molecule has 0 amide bonds. The molecule has 0 saturated carbocycles. The summed E-state index contributed by atoms with van der Waals surface area (Å²) in [7, 11) is 0. The Balaban J connectivity index is 1.86. The highest BCUT2D eigenvalue weighted by atomic mass is 32.1. The number of nitrogens with zero attached hydrogens (tertiary/aromatic N) is 4. The van der Waals surface area contributed by atoms with Gasteiger partial charge in [-0.3, -0.25) is 4.98 Å². The van der Waals surface area contributed by atoms with Crippen molar-refractivity contribution in [2.45, 2.75) is 20.4 Å². The van der Waals surface area contributed by atoms with E-state index in [1.807, 2.05) is 29.1 Å². The topological polar surface area (TPSA) is 43.6 Å². The summed E-state index contributed by atoms with van der Waals surface area (Å²) >= 11 is 1.76. The highest BCUT2D eigenvalue weighted by molar-refractivity contribution is 7.15. The predicted octanol–water partition coefficient (Wildman–Crippen LogP) is 3.07. The Morgan fingerprint density at radius 1 is 1.26 bits per heavy atom. The van der Waals surface area contributed by atoms with E-state index in [0.29, 0.717) is 6.54 Å². The smallest absolute Gasteiger partial charge is 0.123 e. The Labute approximate surface area is 115 Å². The van der Waals surface area contributed by atoms with Crippen molar-refractivity contribution < 1.29 is 0 Å². The summed E-state index contributed by atoms with van der Waals surface area (Å²) in [5.41, 5.74) is 3.18. The lowest BCUT2D eigenvalue weighted by molar-refractivity contribution is 0.639. The normalized spacial score (nSPS) is 10.8. The van der Waals surface area contributed by atoms with Gasteiger partial charge in [-0.1, -0.05) is 11.3 Å². The number of hydrogen-bond acceptors (Lipinski definition) is 4. The number of aromatic nitrogens is 4. The monoisotopic (exact) mass is 270 g/mol. The lowest BCUT2D eigenvalue weighted by Gasteiger charge is -1.98. The van der Waals surface area contributed by atoms with Crippen molar-refractivity contribution in [3.8, 4) is 10.6 Å². The van der Waals surface area contributed by atoms with E-state index in [2.05, 4.69) is 35.2 Å². The van der Waals surface area contributed by atoms with Crippen LogP contribution >= 0.6 is 11.3 Å². The number of aryl methyl sites for hydroxylation is 2. The molecule has 5 heteroatoms. The standard InChI is InChI=1S/C14H14N4S/c1-10-7-11(2)19-14(10)13-9-18(17-16-13)8-12-5-3-4-6-15-12/h3-7,9H,8H2,1-2H3. The fourth-order valence-corrected chi connectivity index (χ4v) is 3.01. The second-order valence-electron chi connectivity index (χ2n) is 4.49. The van der Waals surface area contributed by atoms with Crippen LogP contribution in [-0.4, -0.2) is 20.0 Å². The zero-order chi connectivity index (χ0) is 13.2. The largest absolute Gasteiger partial charge is 0.259 e. The predicted molar refractivity (Wildman–Crippen MR) is 76.1 cm³/mol. The molecule has 0 aliphatic carbocycles. The van der Waals surface area contributed by atoms with Crippen molar-refractivity contribution in [1.82, 2.24) is 20.0 Å². The molecule has 0 radical (unpaired) electrons. The first-order valence-electron chi connectivity index (χ1n) is 6.10. The van der Waals surface area contributed by atoms with Crippen LogP contribution in [0, 0.1) is 13.8 Å². The molecule has 3 aromatic heterocycles. The fourth-order valence-electron chi connectivity index (χ4n) is 2.03. The summed E-state index contributed by atoms with van der Waals surface area (Å²) in [6.45, 7) is 4.87. The van der Waals surface area contributed by atoms with E-state index < -0.39 is 0 Å². The number of rotatable bonds is 3. The van der Waals surface area contributed by atoms with Crippen molar-refractivity contribution in [3.05, 3.63) is 52.8 Å². The third-order valence-electron chi connectivity index (χ3n) is 2.86. The number of hydrogen-bond donors (Lipinski definition) is 0. The van der Waals surface area contributed by atoms with Crippen LogP contribution in [0.5, 0.6) is 0 Å². The molecule has 0 aromatic carbocycles. The number of thiophene rings is 1. The fraction of sp³-hybridized carbons (Fsp3) is 0.214. The van der Waals surface area contributed by atoms with Gasteiger partial charge in [-0.15, -0.1) is 16.4 Å². The Morgan fingerprint density at radius 3 is 2.84 bits per heavy atom. The Kier molecular flexibility index (Phi) is 3.13. The molecule has 0 aliphatic rings. The van der Waals surface area contributed by atoms with Gasteiger partial charge >= 0.3 is 0 Å². The average molecular weight is 270 g/mol. The highest BCUT2D eigenvalue weighted by Crippen LogP contribution is 2.30. The van der Waals surface area contributed by atoms with Crippen LogP contribution in [-0.2, 0) is 6.54 Å². The Morgan fingerprint density at radius 2 is 2.16 bits per heavy atom. The molecule has 96 valence electrons. The van der Waals surface area contributed by atoms with Crippen LogP contribution in [0.4, 0.5) is 0 Å². The molecule has 19 heavy (non-hydrogen) atoms. The first-order valence-corrected chi connectivity index (χ1v) is 6.91. The van der Waals surface area contributed by atoms with Crippen molar-refractivity contribution in [2.24, 2.45) is 0 Å². The van der Waals surface area contributed by atoms with Gasteiger partial charge in [0.15, 0.2) is 0 Å². The van der Waals surface area contributed by atoms with E-state index in [1.165, 1.54) is 15.3 Å². The van der Waals surface area contributed by atoms with Crippen molar-refractivity contribution >= 4 is 11.3 Å². The quantitative estimate of drug-likeness (QED) is 0.734. The lowest BCUT2D eigenvalue weighted by Crippen LogP contribution is -2.01. The third kappa shape index (κ3) is 2.56. The molecule has 0 saturated heterocycles. The molecular weight excluding hydrogens is 256 g/mol. The van der Waals surface area contributed by atoms with Crippen LogP contribution in [0.15, 0.2) is 36.7 Å². The molecule has 3 heterocycles. The van der Waals surface area contributed by atoms with Gasteiger partial charge in [0.25, 0.3) is 0 Å². The number of pyridine rings is 1. The average Bonchev–Trinajstić information content (AvgIpc) is 2.97. The minimum Gasteiger partial charge on any atom is -0.259 e. The Hall–Kier alpha value is -2.01. The van der Waals surface area contributed by atoms with Crippen molar-refractivity contribution in [1.29, 1.82) is 0 Å². The van der Waals surface area contributed by atoms with Gasteiger partial charge < -0.3 is 0 Å². The van der Waals surface area contributed by atoms with Gasteiger partial charge in [0, 0.05) is 11.1 Å². The minimum atomic E-state index is 0.650. The molecule has 0 unspecified atom stereocenters. The molecule has 0 N–H and O–H groups in total. The molecule has 0 fully saturated rings. The summed E-state index contributed by atoms with van der Waals surface area (Å²) in [5, 5.41) is 8.42. The van der Waals surface area contributed by atoms with E-state index in [1.54, 1.807) is 17.5 Å².